The summed E-state index contributed by atoms with van der Waals surface area (Å²) >= 11 is 0. The first-order valence-electron chi connectivity index (χ1n) is 20.6. The molecule has 2 heteroatoms. The molecule has 0 aliphatic rings. The van der Waals surface area contributed by atoms with Gasteiger partial charge in [0.1, 0.15) is 0 Å². The summed E-state index contributed by atoms with van der Waals surface area (Å²) in [5.41, 5.74) is 16.3. The molecule has 1 aromatic heterocycles. The summed E-state index contributed by atoms with van der Waals surface area (Å²) < 4.78 is 2.46. The fourth-order valence-corrected chi connectivity index (χ4v) is 8.99. The van der Waals surface area contributed by atoms with E-state index >= 15 is 0 Å². The average Bonchev–Trinajstić information content (AvgIpc) is 3.66. The van der Waals surface area contributed by atoms with Gasteiger partial charge in [0.25, 0.3) is 0 Å². The molecule has 2 nitrogen and oxygen atoms in total. The van der Waals surface area contributed by atoms with E-state index in [1.165, 1.54) is 71.6 Å². The van der Waals surface area contributed by atoms with Crippen molar-refractivity contribution in [1.82, 2.24) is 4.57 Å². The molecule has 0 bridgehead atoms. The first kappa shape index (κ1) is 35.2. The summed E-state index contributed by atoms with van der Waals surface area (Å²) in [4.78, 5) is 2.42. The maximum atomic E-state index is 2.46. The van der Waals surface area contributed by atoms with Crippen molar-refractivity contribution in [1.29, 1.82) is 0 Å². The second-order valence-corrected chi connectivity index (χ2v) is 15.3. The summed E-state index contributed by atoms with van der Waals surface area (Å²) in [7, 11) is 0. The zero-order valence-corrected chi connectivity index (χ0v) is 33.0. The number of para-hydroxylation sites is 3. The molecular weight excluding hydrogens is 725 g/mol. The number of benzene rings is 10. The third kappa shape index (κ3) is 6.23. The number of fused-ring (bicyclic) bond motifs is 4. The van der Waals surface area contributed by atoms with E-state index in [0.29, 0.717) is 0 Å². The molecule has 282 valence electrons. The highest BCUT2D eigenvalue weighted by atomic mass is 15.1. The minimum Gasteiger partial charge on any atom is -0.310 e. The van der Waals surface area contributed by atoms with Crippen LogP contribution in [-0.4, -0.2) is 4.57 Å². The monoisotopic (exact) mass is 764 g/mol. The molecule has 11 rings (SSSR count). The van der Waals surface area contributed by atoms with Crippen LogP contribution in [-0.2, 0) is 0 Å². The van der Waals surface area contributed by atoms with Crippen LogP contribution in [0.15, 0.2) is 243 Å². The Morgan fingerprint density at radius 2 is 0.833 bits per heavy atom. The van der Waals surface area contributed by atoms with Crippen LogP contribution in [0.1, 0.15) is 0 Å². The van der Waals surface area contributed by atoms with Gasteiger partial charge in [0, 0.05) is 33.3 Å². The van der Waals surface area contributed by atoms with E-state index in [1.54, 1.807) is 0 Å². The zero-order valence-electron chi connectivity index (χ0n) is 33.0. The van der Waals surface area contributed by atoms with E-state index in [2.05, 4.69) is 252 Å². The van der Waals surface area contributed by atoms with Crippen molar-refractivity contribution >= 4 is 49.6 Å². The van der Waals surface area contributed by atoms with Crippen molar-refractivity contribution < 1.29 is 0 Å². The fourth-order valence-electron chi connectivity index (χ4n) is 8.99. The average molecular weight is 765 g/mol. The Kier molecular flexibility index (Phi) is 8.87. The lowest BCUT2D eigenvalue weighted by Gasteiger charge is -2.28. The van der Waals surface area contributed by atoms with Gasteiger partial charge in [0.05, 0.1) is 22.4 Å². The molecule has 11 aromatic rings. The smallest absolute Gasteiger partial charge is 0.0562 e. The van der Waals surface area contributed by atoms with Crippen LogP contribution >= 0.6 is 0 Å². The second-order valence-electron chi connectivity index (χ2n) is 15.3. The Hall–Kier alpha value is -7.94. The summed E-state index contributed by atoms with van der Waals surface area (Å²) in [6, 6.07) is 87.9. The van der Waals surface area contributed by atoms with E-state index in [-0.39, 0.29) is 0 Å². The van der Waals surface area contributed by atoms with Crippen molar-refractivity contribution in [3.63, 3.8) is 0 Å². The van der Waals surface area contributed by atoms with E-state index in [0.717, 1.165) is 28.3 Å². The molecule has 10 aromatic carbocycles. The predicted molar refractivity (Wildman–Crippen MR) is 255 cm³/mol. The van der Waals surface area contributed by atoms with Crippen LogP contribution < -0.4 is 4.90 Å². The molecule has 1 heterocycles. The zero-order chi connectivity index (χ0) is 39.8. The summed E-state index contributed by atoms with van der Waals surface area (Å²) in [6.45, 7) is 0. The lowest BCUT2D eigenvalue weighted by Crippen LogP contribution is -2.11. The molecule has 0 aliphatic heterocycles. The van der Waals surface area contributed by atoms with Gasteiger partial charge in [0.2, 0.25) is 0 Å². The predicted octanol–water partition coefficient (Wildman–Crippen LogP) is 16.1. The fraction of sp³-hybridized carbons (Fsp3) is 0. The third-order valence-corrected chi connectivity index (χ3v) is 11.8. The number of rotatable bonds is 8. The maximum Gasteiger partial charge on any atom is 0.0562 e. The molecule has 0 saturated carbocycles. The maximum absolute atomic E-state index is 2.46. The molecule has 0 atom stereocenters. The van der Waals surface area contributed by atoms with E-state index in [4.69, 9.17) is 0 Å². The highest BCUT2D eigenvalue weighted by Crippen LogP contribution is 2.44. The molecule has 0 aliphatic carbocycles. The van der Waals surface area contributed by atoms with Gasteiger partial charge in [0.15, 0.2) is 0 Å². The topological polar surface area (TPSA) is 8.17 Å². The van der Waals surface area contributed by atoms with Crippen LogP contribution in [0, 0.1) is 0 Å². The molecule has 0 saturated heterocycles. The largest absolute Gasteiger partial charge is 0.310 e. The van der Waals surface area contributed by atoms with Crippen LogP contribution in [0.25, 0.3) is 82.8 Å². The minimum atomic E-state index is 1.08. The Morgan fingerprint density at radius 3 is 1.67 bits per heavy atom. The van der Waals surface area contributed by atoms with Crippen LogP contribution in [0.3, 0.4) is 0 Å². The summed E-state index contributed by atoms with van der Waals surface area (Å²) in [5.74, 6) is 0. The summed E-state index contributed by atoms with van der Waals surface area (Å²) in [5, 5.41) is 4.93. The Balaban J connectivity index is 1.12. The Bertz CT molecular complexity index is 3300. The van der Waals surface area contributed by atoms with Gasteiger partial charge >= 0.3 is 0 Å². The molecule has 0 spiro atoms. The minimum absolute atomic E-state index is 1.08. The second kappa shape index (κ2) is 15.1. The van der Waals surface area contributed by atoms with Gasteiger partial charge in [-0.1, -0.05) is 194 Å². The van der Waals surface area contributed by atoms with Crippen LogP contribution in [0.2, 0.25) is 0 Å². The third-order valence-electron chi connectivity index (χ3n) is 11.8. The number of hydrogen-bond acceptors (Lipinski definition) is 1. The molecular formula is C58H40N2. The van der Waals surface area contributed by atoms with Gasteiger partial charge < -0.3 is 9.47 Å². The highest BCUT2D eigenvalue weighted by Gasteiger charge is 2.21. The van der Waals surface area contributed by atoms with Gasteiger partial charge in [-0.3, -0.25) is 0 Å². The summed E-state index contributed by atoms with van der Waals surface area (Å²) in [6.07, 6.45) is 0. The lowest BCUT2D eigenvalue weighted by atomic mass is 9.97. The standard InChI is InChI=1S/C58H40N2/c1-3-17-41(18-4-1)45-23-15-24-46(39-45)52-27-10-13-31-56(52)60-57-32-14-11-28-53(57)54-38-37-48(40-58(54)60)59(55-30-12-9-26-51(55)43-19-5-2-6-20-43)47-35-33-44(34-36-47)50-29-16-22-42-21-7-8-25-49(42)50/h1-40H. The van der Waals surface area contributed by atoms with E-state index in [9.17, 15) is 0 Å². The van der Waals surface area contributed by atoms with Crippen LogP contribution in [0.4, 0.5) is 17.1 Å². The number of nitrogens with zero attached hydrogens (tertiary/aromatic N) is 2. The Labute approximate surface area is 350 Å². The molecule has 0 amide bonds. The van der Waals surface area contributed by atoms with Crippen LogP contribution in [0.5, 0.6) is 0 Å². The Morgan fingerprint density at radius 1 is 0.283 bits per heavy atom. The number of hydrogen-bond donors (Lipinski definition) is 0. The van der Waals surface area contributed by atoms with Crippen molar-refractivity contribution in [3.05, 3.63) is 243 Å². The molecule has 0 radical (unpaired) electrons. The van der Waals surface area contributed by atoms with Crippen molar-refractivity contribution in [2.45, 2.75) is 0 Å². The van der Waals surface area contributed by atoms with E-state index < -0.39 is 0 Å². The van der Waals surface area contributed by atoms with Crippen molar-refractivity contribution in [2.24, 2.45) is 0 Å². The molecule has 60 heavy (non-hydrogen) atoms. The number of aromatic nitrogens is 1. The number of anilines is 3. The van der Waals surface area contributed by atoms with Gasteiger partial charge in [-0.2, -0.15) is 0 Å². The highest BCUT2D eigenvalue weighted by molar-refractivity contribution is 6.11. The molecule has 0 N–H and O–H groups in total. The normalized spacial score (nSPS) is 11.3. The quantitative estimate of drug-likeness (QED) is 0.150. The molecule has 0 fully saturated rings. The van der Waals surface area contributed by atoms with Gasteiger partial charge in [-0.05, 0) is 92.7 Å². The first-order chi connectivity index (χ1) is 29.8. The molecule has 0 unspecified atom stereocenters. The van der Waals surface area contributed by atoms with Crippen molar-refractivity contribution in [3.8, 4) is 50.2 Å². The first-order valence-corrected chi connectivity index (χ1v) is 20.6. The van der Waals surface area contributed by atoms with E-state index in [1.807, 2.05) is 0 Å². The SMILES string of the molecule is c1ccc(-c2cccc(-c3ccccc3-n3c4ccccc4c4ccc(N(c5ccc(-c6cccc7ccccc67)cc5)c5ccccc5-c5ccccc5)cc43)c2)cc1. The van der Waals surface area contributed by atoms with Crippen molar-refractivity contribution in [2.75, 3.05) is 4.90 Å². The lowest BCUT2D eigenvalue weighted by molar-refractivity contribution is 1.18. The van der Waals surface area contributed by atoms with Gasteiger partial charge in [-0.15, -0.1) is 0 Å². The van der Waals surface area contributed by atoms with Gasteiger partial charge in [-0.25, -0.2) is 0 Å².